The Hall–Kier alpha value is -2.95. The van der Waals surface area contributed by atoms with E-state index >= 15 is 0 Å². The number of aromatic nitrogens is 2. The van der Waals surface area contributed by atoms with Crippen molar-refractivity contribution in [2.24, 2.45) is 0 Å². The lowest BCUT2D eigenvalue weighted by atomic mass is 10.1. The minimum atomic E-state index is -0.692. The summed E-state index contributed by atoms with van der Waals surface area (Å²) in [4.78, 5) is 30.6. The first kappa shape index (κ1) is 18.8. The molecule has 27 heavy (non-hydrogen) atoms. The molecule has 0 amide bonds. The molecule has 0 N–H and O–H groups in total. The van der Waals surface area contributed by atoms with E-state index in [9.17, 15) is 9.59 Å². The van der Waals surface area contributed by atoms with Gasteiger partial charge < -0.3 is 4.74 Å². The first-order valence-electron chi connectivity index (χ1n) is 8.99. The SMILES string of the molecule is Cc1ccc2nc([C@H](C)C(=O)OC(C)(C)C)n(-c3ccccc3)c(=O)c2c1. The lowest BCUT2D eigenvalue weighted by Gasteiger charge is -2.23. The molecule has 5 heteroatoms. The van der Waals surface area contributed by atoms with Crippen molar-refractivity contribution >= 4 is 16.9 Å². The van der Waals surface area contributed by atoms with Crippen LogP contribution in [-0.2, 0) is 9.53 Å². The monoisotopic (exact) mass is 364 g/mol. The summed E-state index contributed by atoms with van der Waals surface area (Å²) in [5, 5.41) is 0.527. The second kappa shape index (κ2) is 6.99. The number of para-hydroxylation sites is 1. The average molecular weight is 364 g/mol. The van der Waals surface area contributed by atoms with Gasteiger partial charge in [0.05, 0.1) is 16.6 Å². The molecule has 0 aliphatic rings. The van der Waals surface area contributed by atoms with Crippen molar-refractivity contribution in [1.29, 1.82) is 0 Å². The maximum atomic E-state index is 13.3. The van der Waals surface area contributed by atoms with Crippen LogP contribution in [0.4, 0.5) is 0 Å². The van der Waals surface area contributed by atoms with Crippen molar-refractivity contribution in [2.45, 2.75) is 46.1 Å². The lowest BCUT2D eigenvalue weighted by molar-refractivity contribution is -0.156. The summed E-state index contributed by atoms with van der Waals surface area (Å²) in [5.74, 6) is -0.731. The first-order chi connectivity index (χ1) is 12.7. The highest BCUT2D eigenvalue weighted by atomic mass is 16.6. The Morgan fingerprint density at radius 1 is 1.11 bits per heavy atom. The molecule has 1 atom stereocenters. The molecule has 0 unspecified atom stereocenters. The van der Waals surface area contributed by atoms with E-state index in [0.717, 1.165) is 5.56 Å². The van der Waals surface area contributed by atoms with Gasteiger partial charge in [-0.1, -0.05) is 29.8 Å². The second-order valence-corrected chi connectivity index (χ2v) is 7.72. The van der Waals surface area contributed by atoms with Gasteiger partial charge in [0.1, 0.15) is 17.3 Å². The van der Waals surface area contributed by atoms with Gasteiger partial charge in [0, 0.05) is 0 Å². The molecule has 0 spiro atoms. The molecule has 0 fully saturated rings. The molecular formula is C22H24N2O3. The van der Waals surface area contributed by atoms with Crippen LogP contribution in [0.25, 0.3) is 16.6 Å². The van der Waals surface area contributed by atoms with Crippen molar-refractivity contribution in [2.75, 3.05) is 0 Å². The van der Waals surface area contributed by atoms with E-state index in [-0.39, 0.29) is 5.56 Å². The van der Waals surface area contributed by atoms with Crippen LogP contribution in [0, 0.1) is 6.92 Å². The van der Waals surface area contributed by atoms with E-state index < -0.39 is 17.5 Å². The van der Waals surface area contributed by atoms with Crippen molar-refractivity contribution in [3.63, 3.8) is 0 Å². The highest BCUT2D eigenvalue weighted by Crippen LogP contribution is 2.23. The number of hydrogen-bond acceptors (Lipinski definition) is 4. The fraction of sp³-hybridized carbons (Fsp3) is 0.318. The van der Waals surface area contributed by atoms with E-state index in [1.165, 1.54) is 4.57 Å². The zero-order chi connectivity index (χ0) is 19.8. The Morgan fingerprint density at radius 2 is 1.78 bits per heavy atom. The van der Waals surface area contributed by atoms with Gasteiger partial charge in [-0.2, -0.15) is 0 Å². The van der Waals surface area contributed by atoms with E-state index in [1.807, 2.05) is 76.2 Å². The molecule has 0 radical (unpaired) electrons. The number of benzene rings is 2. The zero-order valence-corrected chi connectivity index (χ0v) is 16.3. The third-order valence-corrected chi connectivity index (χ3v) is 4.21. The van der Waals surface area contributed by atoms with E-state index in [0.29, 0.717) is 22.4 Å². The summed E-state index contributed by atoms with van der Waals surface area (Å²) >= 11 is 0. The number of esters is 1. The van der Waals surface area contributed by atoms with Crippen LogP contribution in [0.5, 0.6) is 0 Å². The second-order valence-electron chi connectivity index (χ2n) is 7.72. The van der Waals surface area contributed by atoms with Gasteiger partial charge in [-0.25, -0.2) is 4.98 Å². The number of carbonyl (C=O) groups is 1. The largest absolute Gasteiger partial charge is 0.459 e. The van der Waals surface area contributed by atoms with Gasteiger partial charge in [0.25, 0.3) is 5.56 Å². The molecule has 1 heterocycles. The maximum absolute atomic E-state index is 13.3. The summed E-state index contributed by atoms with van der Waals surface area (Å²) in [5.41, 5.74) is 1.42. The van der Waals surface area contributed by atoms with Crippen LogP contribution in [0.3, 0.4) is 0 Å². The first-order valence-corrected chi connectivity index (χ1v) is 8.99. The topological polar surface area (TPSA) is 61.2 Å². The molecule has 1 aromatic heterocycles. The number of ether oxygens (including phenoxy) is 1. The number of nitrogens with zero attached hydrogens (tertiary/aromatic N) is 2. The van der Waals surface area contributed by atoms with Crippen molar-refractivity contribution in [3.05, 3.63) is 70.3 Å². The molecule has 3 aromatic rings. The predicted molar refractivity (Wildman–Crippen MR) is 106 cm³/mol. The quantitative estimate of drug-likeness (QED) is 0.655. The lowest BCUT2D eigenvalue weighted by Crippen LogP contribution is -2.31. The van der Waals surface area contributed by atoms with Crippen LogP contribution in [-0.4, -0.2) is 21.1 Å². The Kier molecular flexibility index (Phi) is 4.87. The average Bonchev–Trinajstić information content (AvgIpc) is 2.60. The number of fused-ring (bicyclic) bond motifs is 1. The van der Waals surface area contributed by atoms with Crippen molar-refractivity contribution in [1.82, 2.24) is 9.55 Å². The summed E-state index contributed by atoms with van der Waals surface area (Å²) in [6, 6.07) is 14.8. The third-order valence-electron chi connectivity index (χ3n) is 4.21. The van der Waals surface area contributed by atoms with Gasteiger partial charge in [-0.15, -0.1) is 0 Å². The number of aryl methyl sites for hydroxylation is 1. The standard InChI is InChI=1S/C22H24N2O3/c1-14-11-12-18-17(13-14)20(25)24(16-9-7-6-8-10-16)19(23-18)15(2)21(26)27-22(3,4)5/h6-13,15H,1-5H3/t15-/m0/s1. The van der Waals surface area contributed by atoms with E-state index in [2.05, 4.69) is 4.98 Å². The molecule has 2 aromatic carbocycles. The minimum Gasteiger partial charge on any atom is -0.459 e. The van der Waals surface area contributed by atoms with Crippen LogP contribution in [0.15, 0.2) is 53.3 Å². The van der Waals surface area contributed by atoms with Gasteiger partial charge in [0.2, 0.25) is 0 Å². The van der Waals surface area contributed by atoms with Crippen LogP contribution in [0.1, 0.15) is 45.0 Å². The van der Waals surface area contributed by atoms with Crippen LogP contribution < -0.4 is 5.56 Å². The van der Waals surface area contributed by atoms with Crippen LogP contribution >= 0.6 is 0 Å². The number of carbonyl (C=O) groups excluding carboxylic acids is 1. The highest BCUT2D eigenvalue weighted by Gasteiger charge is 2.28. The summed E-state index contributed by atoms with van der Waals surface area (Å²) in [7, 11) is 0. The fourth-order valence-electron chi connectivity index (χ4n) is 2.93. The summed E-state index contributed by atoms with van der Waals surface area (Å²) in [6.07, 6.45) is 0. The van der Waals surface area contributed by atoms with Crippen molar-refractivity contribution in [3.8, 4) is 5.69 Å². The summed E-state index contributed by atoms with van der Waals surface area (Å²) in [6.45, 7) is 9.10. The van der Waals surface area contributed by atoms with Crippen LogP contribution in [0.2, 0.25) is 0 Å². The molecule has 0 aliphatic heterocycles. The minimum absolute atomic E-state index is 0.194. The Morgan fingerprint density at radius 3 is 2.41 bits per heavy atom. The third kappa shape index (κ3) is 3.92. The van der Waals surface area contributed by atoms with Gasteiger partial charge in [0.15, 0.2) is 0 Å². The number of rotatable bonds is 3. The highest BCUT2D eigenvalue weighted by molar-refractivity contribution is 5.81. The Balaban J connectivity index is 2.26. The smallest absolute Gasteiger partial charge is 0.316 e. The molecule has 140 valence electrons. The molecule has 0 bridgehead atoms. The Bertz CT molecular complexity index is 1050. The maximum Gasteiger partial charge on any atom is 0.316 e. The fourth-order valence-corrected chi connectivity index (χ4v) is 2.93. The molecular weight excluding hydrogens is 340 g/mol. The van der Waals surface area contributed by atoms with Gasteiger partial charge >= 0.3 is 5.97 Å². The van der Waals surface area contributed by atoms with E-state index in [1.54, 1.807) is 6.92 Å². The molecule has 0 saturated carbocycles. The zero-order valence-electron chi connectivity index (χ0n) is 16.3. The Labute approximate surface area is 158 Å². The normalized spacial score (nSPS) is 12.8. The molecule has 0 saturated heterocycles. The molecule has 3 rings (SSSR count). The summed E-state index contributed by atoms with van der Waals surface area (Å²) < 4.78 is 7.03. The van der Waals surface area contributed by atoms with Gasteiger partial charge in [-0.3, -0.25) is 14.2 Å². The number of hydrogen-bond donors (Lipinski definition) is 0. The predicted octanol–water partition coefficient (Wildman–Crippen LogP) is 4.14. The van der Waals surface area contributed by atoms with Gasteiger partial charge in [-0.05, 0) is 58.9 Å². The molecule has 0 aliphatic carbocycles. The van der Waals surface area contributed by atoms with Crippen molar-refractivity contribution < 1.29 is 9.53 Å². The van der Waals surface area contributed by atoms with E-state index in [4.69, 9.17) is 4.74 Å². The molecule has 5 nitrogen and oxygen atoms in total.